The molecule has 0 spiro atoms. The minimum absolute atomic E-state index is 0.0528. The number of nitrogens with two attached hydrogens (primary N) is 1. The van der Waals surface area contributed by atoms with Gasteiger partial charge in [-0.3, -0.25) is 4.79 Å². The number of carbonyl (C=O) groups is 1. The molecule has 3 rings (SSSR count). The minimum Gasteiger partial charge on any atom is -0.340 e. The third-order valence-electron chi connectivity index (χ3n) is 4.87. The number of nitrogens with zero attached hydrogens (tertiary/aromatic N) is 2. The van der Waals surface area contributed by atoms with Crippen molar-refractivity contribution < 1.29 is 4.79 Å². The number of aryl methyl sites for hydroxylation is 1. The van der Waals surface area contributed by atoms with Gasteiger partial charge in [0.2, 0.25) is 5.91 Å². The molecule has 5 heteroatoms. The summed E-state index contributed by atoms with van der Waals surface area (Å²) in [4.78, 5) is 19.9. The zero-order valence-electron chi connectivity index (χ0n) is 11.5. The Hall–Kier alpha value is -0.940. The molecule has 4 atom stereocenters. The molecule has 2 bridgehead atoms. The van der Waals surface area contributed by atoms with Crippen LogP contribution in [0.25, 0.3) is 0 Å². The Balaban J connectivity index is 1.69. The van der Waals surface area contributed by atoms with Crippen molar-refractivity contribution in [3.05, 3.63) is 16.1 Å². The Labute approximate surface area is 118 Å². The summed E-state index contributed by atoms with van der Waals surface area (Å²) >= 11 is 1.62. The van der Waals surface area contributed by atoms with Crippen LogP contribution >= 0.6 is 11.3 Å². The summed E-state index contributed by atoms with van der Waals surface area (Å²) in [5, 5.41) is 0. The molecule has 2 aliphatic rings. The van der Waals surface area contributed by atoms with Crippen LogP contribution in [0.2, 0.25) is 0 Å². The largest absolute Gasteiger partial charge is 0.340 e. The van der Waals surface area contributed by atoms with E-state index in [1.807, 2.05) is 24.4 Å². The number of hydrogen-bond acceptors (Lipinski definition) is 4. The molecule has 4 nitrogen and oxygen atoms in total. The average Bonchev–Trinajstić information content (AvgIpc) is 3.06. The van der Waals surface area contributed by atoms with Crippen molar-refractivity contribution in [3.63, 3.8) is 0 Å². The molecule has 4 unspecified atom stereocenters. The Kier molecular flexibility index (Phi) is 3.35. The maximum Gasteiger partial charge on any atom is 0.227 e. The van der Waals surface area contributed by atoms with E-state index in [1.165, 1.54) is 17.7 Å². The van der Waals surface area contributed by atoms with Crippen LogP contribution in [-0.2, 0) is 11.3 Å². The highest BCUT2D eigenvalue weighted by molar-refractivity contribution is 7.09. The van der Waals surface area contributed by atoms with Crippen molar-refractivity contribution in [2.24, 2.45) is 23.5 Å². The zero-order valence-corrected chi connectivity index (χ0v) is 12.3. The highest BCUT2D eigenvalue weighted by Crippen LogP contribution is 2.48. The van der Waals surface area contributed by atoms with E-state index in [-0.39, 0.29) is 17.9 Å². The maximum atomic E-state index is 12.6. The smallest absolute Gasteiger partial charge is 0.227 e. The molecule has 2 fully saturated rings. The predicted octanol–water partition coefficient (Wildman–Crippen LogP) is 1.78. The third kappa shape index (κ3) is 2.19. The first-order chi connectivity index (χ1) is 9.08. The molecule has 0 radical (unpaired) electrons. The summed E-state index contributed by atoms with van der Waals surface area (Å²) in [5.41, 5.74) is 9.12. The number of hydrogen-bond donors (Lipinski definition) is 1. The Morgan fingerprint density at radius 2 is 2.26 bits per heavy atom. The quantitative estimate of drug-likeness (QED) is 0.917. The second-order valence-corrected chi connectivity index (χ2v) is 6.93. The van der Waals surface area contributed by atoms with E-state index in [4.69, 9.17) is 5.73 Å². The molecule has 104 valence electrons. The molecule has 0 aromatic carbocycles. The first kappa shape index (κ1) is 13.1. The molecular weight excluding hydrogens is 258 g/mol. The lowest BCUT2D eigenvalue weighted by molar-refractivity contribution is -0.136. The Morgan fingerprint density at radius 3 is 2.84 bits per heavy atom. The molecule has 2 aliphatic carbocycles. The van der Waals surface area contributed by atoms with Gasteiger partial charge in [0.15, 0.2) is 0 Å². The van der Waals surface area contributed by atoms with Gasteiger partial charge in [-0.2, -0.15) is 0 Å². The summed E-state index contributed by atoms with van der Waals surface area (Å²) in [5.74, 6) is 1.39. The number of aromatic nitrogens is 1. The van der Waals surface area contributed by atoms with Gasteiger partial charge >= 0.3 is 0 Å². The monoisotopic (exact) mass is 279 g/mol. The van der Waals surface area contributed by atoms with E-state index >= 15 is 0 Å². The van der Waals surface area contributed by atoms with E-state index in [1.54, 1.807) is 11.3 Å². The fraction of sp³-hybridized carbons (Fsp3) is 0.714. The lowest BCUT2D eigenvalue weighted by Gasteiger charge is -2.30. The van der Waals surface area contributed by atoms with Crippen molar-refractivity contribution in [3.8, 4) is 0 Å². The number of thiazole rings is 1. The van der Waals surface area contributed by atoms with Gasteiger partial charge in [-0.1, -0.05) is 0 Å². The molecule has 1 amide bonds. The zero-order chi connectivity index (χ0) is 13.6. The first-order valence-corrected chi connectivity index (χ1v) is 7.85. The third-order valence-corrected chi connectivity index (χ3v) is 5.79. The average molecular weight is 279 g/mol. The number of amides is 1. The molecule has 1 aromatic rings. The van der Waals surface area contributed by atoms with Crippen LogP contribution in [-0.4, -0.2) is 28.9 Å². The summed E-state index contributed by atoms with van der Waals surface area (Å²) in [6.07, 6.45) is 3.56. The topological polar surface area (TPSA) is 59.2 Å². The summed E-state index contributed by atoms with van der Waals surface area (Å²) in [7, 11) is 1.89. The van der Waals surface area contributed by atoms with E-state index in [0.717, 1.165) is 12.1 Å². The van der Waals surface area contributed by atoms with E-state index in [9.17, 15) is 4.79 Å². The normalized spacial score (nSPS) is 32.8. The van der Waals surface area contributed by atoms with E-state index in [2.05, 4.69) is 4.98 Å². The van der Waals surface area contributed by atoms with Gasteiger partial charge in [0.05, 0.1) is 23.7 Å². The molecule has 2 saturated carbocycles. The molecule has 0 saturated heterocycles. The highest BCUT2D eigenvalue weighted by Gasteiger charge is 2.49. The fourth-order valence-electron chi connectivity index (χ4n) is 3.73. The van der Waals surface area contributed by atoms with Crippen LogP contribution < -0.4 is 5.73 Å². The molecule has 1 heterocycles. The Bertz CT molecular complexity index is 485. The van der Waals surface area contributed by atoms with E-state index < -0.39 is 0 Å². The van der Waals surface area contributed by atoms with Gasteiger partial charge < -0.3 is 10.6 Å². The summed E-state index contributed by atoms with van der Waals surface area (Å²) in [6.45, 7) is 2.66. The standard InChI is InChI=1S/C14H21N3OS/c1-8-11(19-7-16-8)6-17(2)14(18)12-9-3-4-10(5-9)13(12)15/h7,9-10,12-13H,3-6,15H2,1-2H3. The lowest BCUT2D eigenvalue weighted by Crippen LogP contribution is -2.45. The fourth-order valence-corrected chi connectivity index (χ4v) is 4.56. The van der Waals surface area contributed by atoms with Crippen LogP contribution in [0, 0.1) is 24.7 Å². The van der Waals surface area contributed by atoms with Crippen LogP contribution in [0.4, 0.5) is 0 Å². The number of rotatable bonds is 3. The summed E-state index contributed by atoms with van der Waals surface area (Å²) in [6, 6.07) is 0.0799. The maximum absolute atomic E-state index is 12.6. The van der Waals surface area contributed by atoms with Crippen LogP contribution in [0.15, 0.2) is 5.51 Å². The minimum atomic E-state index is 0.0528. The van der Waals surface area contributed by atoms with Gasteiger partial charge in [0.25, 0.3) is 0 Å². The van der Waals surface area contributed by atoms with Crippen LogP contribution in [0.1, 0.15) is 29.8 Å². The van der Waals surface area contributed by atoms with Crippen LogP contribution in [0.3, 0.4) is 0 Å². The van der Waals surface area contributed by atoms with Crippen molar-refractivity contribution in [2.45, 2.75) is 38.8 Å². The van der Waals surface area contributed by atoms with Gasteiger partial charge in [-0.25, -0.2) is 4.98 Å². The number of fused-ring (bicyclic) bond motifs is 2. The van der Waals surface area contributed by atoms with Crippen molar-refractivity contribution in [1.29, 1.82) is 0 Å². The number of carbonyl (C=O) groups excluding carboxylic acids is 1. The molecule has 0 aliphatic heterocycles. The van der Waals surface area contributed by atoms with Gasteiger partial charge in [0.1, 0.15) is 0 Å². The van der Waals surface area contributed by atoms with Gasteiger partial charge in [-0.05, 0) is 38.0 Å². The van der Waals surface area contributed by atoms with Crippen molar-refractivity contribution in [1.82, 2.24) is 9.88 Å². The first-order valence-electron chi connectivity index (χ1n) is 6.97. The Morgan fingerprint density at radius 1 is 1.53 bits per heavy atom. The second-order valence-electron chi connectivity index (χ2n) is 5.99. The van der Waals surface area contributed by atoms with Gasteiger partial charge in [0, 0.05) is 18.0 Å². The molecule has 19 heavy (non-hydrogen) atoms. The summed E-state index contributed by atoms with van der Waals surface area (Å²) < 4.78 is 0. The molecule has 1 aromatic heterocycles. The van der Waals surface area contributed by atoms with Crippen molar-refractivity contribution >= 4 is 17.2 Å². The predicted molar refractivity (Wildman–Crippen MR) is 75.6 cm³/mol. The SMILES string of the molecule is Cc1ncsc1CN(C)C(=O)C1C2CCC(C2)C1N. The van der Waals surface area contributed by atoms with E-state index in [0.29, 0.717) is 18.4 Å². The molecule has 2 N–H and O–H groups in total. The lowest BCUT2D eigenvalue weighted by atomic mass is 9.84. The molecular formula is C14H21N3OS. The highest BCUT2D eigenvalue weighted by atomic mass is 32.1. The van der Waals surface area contributed by atoms with Crippen molar-refractivity contribution in [2.75, 3.05) is 7.05 Å². The van der Waals surface area contributed by atoms with Crippen LogP contribution in [0.5, 0.6) is 0 Å². The van der Waals surface area contributed by atoms with Gasteiger partial charge in [-0.15, -0.1) is 11.3 Å². The second kappa shape index (κ2) is 4.87.